The molecule has 6 nitrogen and oxygen atoms in total. The minimum absolute atomic E-state index is 0.115. The molecule has 1 rings (SSSR count). The van der Waals surface area contributed by atoms with Crippen molar-refractivity contribution in [1.29, 1.82) is 0 Å². The zero-order valence-corrected chi connectivity index (χ0v) is 18.9. The molecule has 0 unspecified atom stereocenters. The van der Waals surface area contributed by atoms with Gasteiger partial charge in [0.25, 0.3) is 5.69 Å². The van der Waals surface area contributed by atoms with E-state index in [1.807, 2.05) is 0 Å². The van der Waals surface area contributed by atoms with Crippen LogP contribution in [0.15, 0.2) is 36.4 Å². The maximum atomic E-state index is 11.9. The van der Waals surface area contributed by atoms with Crippen LogP contribution in [0.2, 0.25) is 0 Å². The van der Waals surface area contributed by atoms with E-state index < -0.39 is 16.9 Å². The maximum Gasteiger partial charge on any atom is 0.345 e. The molecule has 6 heteroatoms. The number of ether oxygens (including phenoxy) is 1. The molecule has 1 aromatic rings. The number of benzene rings is 1. The van der Waals surface area contributed by atoms with Crippen LogP contribution in [0.4, 0.5) is 5.69 Å². The fraction of sp³-hybridized carbons (Fsp3) is 0.600. The molecule has 0 aliphatic carbocycles. The second kappa shape index (κ2) is 17.2. The number of allylic oxidation sites excluding steroid dienone is 2. The molecule has 0 spiro atoms. The monoisotopic (exact) mass is 431 g/mol. The second-order valence-electron chi connectivity index (χ2n) is 7.90. The van der Waals surface area contributed by atoms with E-state index in [2.05, 4.69) is 19.1 Å². The van der Waals surface area contributed by atoms with Crippen LogP contribution in [0.1, 0.15) is 107 Å². The normalized spacial score (nSPS) is 11.0. The minimum Gasteiger partial charge on any atom is -0.389 e. The van der Waals surface area contributed by atoms with Gasteiger partial charge >= 0.3 is 11.9 Å². The van der Waals surface area contributed by atoms with Crippen LogP contribution in [0.25, 0.3) is 0 Å². The first-order chi connectivity index (χ1) is 15.0. The van der Waals surface area contributed by atoms with Crippen LogP contribution in [0, 0.1) is 10.1 Å². The van der Waals surface area contributed by atoms with Gasteiger partial charge in [-0.25, -0.2) is 4.79 Å². The Labute approximate surface area is 186 Å². The zero-order chi connectivity index (χ0) is 22.7. The summed E-state index contributed by atoms with van der Waals surface area (Å²) in [6.07, 6.45) is 20.1. The Morgan fingerprint density at radius 2 is 1.35 bits per heavy atom. The van der Waals surface area contributed by atoms with E-state index >= 15 is 0 Å². The number of esters is 2. The summed E-state index contributed by atoms with van der Waals surface area (Å²) in [7, 11) is 0. The summed E-state index contributed by atoms with van der Waals surface area (Å²) < 4.78 is 4.80. The van der Waals surface area contributed by atoms with Gasteiger partial charge in [0.2, 0.25) is 0 Å². The van der Waals surface area contributed by atoms with E-state index in [0.29, 0.717) is 6.42 Å². The average molecular weight is 432 g/mol. The molecule has 0 aliphatic heterocycles. The van der Waals surface area contributed by atoms with Gasteiger partial charge in [0.15, 0.2) is 0 Å². The Kier molecular flexibility index (Phi) is 14.7. The van der Waals surface area contributed by atoms with Gasteiger partial charge in [-0.2, -0.15) is 0 Å². The molecule has 0 fully saturated rings. The van der Waals surface area contributed by atoms with Crippen molar-refractivity contribution in [2.24, 2.45) is 0 Å². The molecule has 172 valence electrons. The minimum atomic E-state index is -0.771. The number of unbranched alkanes of at least 4 members (excludes halogenated alkanes) is 11. The highest BCUT2D eigenvalue weighted by Gasteiger charge is 2.14. The van der Waals surface area contributed by atoms with Gasteiger partial charge in [0, 0.05) is 18.6 Å². The molecule has 0 aliphatic rings. The third-order valence-corrected chi connectivity index (χ3v) is 5.16. The first-order valence-electron chi connectivity index (χ1n) is 11.7. The summed E-state index contributed by atoms with van der Waals surface area (Å²) in [6.45, 7) is 2.24. The van der Waals surface area contributed by atoms with Crippen molar-refractivity contribution >= 4 is 17.6 Å². The smallest absolute Gasteiger partial charge is 0.345 e. The van der Waals surface area contributed by atoms with Gasteiger partial charge in [-0.3, -0.25) is 14.9 Å². The Hall–Kier alpha value is -2.50. The number of hydrogen-bond donors (Lipinski definition) is 0. The highest BCUT2D eigenvalue weighted by Crippen LogP contribution is 2.14. The van der Waals surface area contributed by atoms with E-state index in [9.17, 15) is 19.7 Å². The van der Waals surface area contributed by atoms with Crippen LogP contribution >= 0.6 is 0 Å². The van der Waals surface area contributed by atoms with Gasteiger partial charge in [-0.05, 0) is 44.2 Å². The molecule has 0 saturated carbocycles. The van der Waals surface area contributed by atoms with Gasteiger partial charge in [-0.15, -0.1) is 0 Å². The number of carbonyl (C=O) groups excluding carboxylic acids is 2. The van der Waals surface area contributed by atoms with E-state index in [-0.39, 0.29) is 17.7 Å². The Morgan fingerprint density at radius 3 is 1.90 bits per heavy atom. The number of nitrogens with zero attached hydrogens (tertiary/aromatic N) is 1. The Balaban J connectivity index is 1.99. The van der Waals surface area contributed by atoms with Crippen molar-refractivity contribution in [3.8, 4) is 0 Å². The van der Waals surface area contributed by atoms with Crippen LogP contribution in [0.3, 0.4) is 0 Å². The first-order valence-corrected chi connectivity index (χ1v) is 11.7. The van der Waals surface area contributed by atoms with Crippen LogP contribution in [0.5, 0.6) is 0 Å². The SMILES string of the molecule is CCCCCCCCC=CCCCCCCCC(=O)OC(=O)c1ccc([N+](=O)[O-])cc1. The molecule has 0 saturated heterocycles. The number of nitro groups is 1. The molecule has 0 aromatic heterocycles. The summed E-state index contributed by atoms with van der Waals surface area (Å²) in [5, 5.41) is 10.6. The predicted molar refractivity (Wildman–Crippen MR) is 123 cm³/mol. The molecule has 31 heavy (non-hydrogen) atoms. The van der Waals surface area contributed by atoms with Crippen LogP contribution < -0.4 is 0 Å². The van der Waals surface area contributed by atoms with Crippen molar-refractivity contribution in [2.45, 2.75) is 96.8 Å². The molecule has 0 amide bonds. The standard InChI is InChI=1S/C25H37NO5/c1-2-3-4-5-6-7-8-9-10-11-12-13-14-15-16-17-24(27)31-25(28)22-18-20-23(21-19-22)26(29)30/h9-10,18-21H,2-8,11-17H2,1H3. The second-order valence-corrected chi connectivity index (χ2v) is 7.90. The van der Waals surface area contributed by atoms with Crippen molar-refractivity contribution in [1.82, 2.24) is 0 Å². The number of rotatable bonds is 17. The average Bonchev–Trinajstić information content (AvgIpc) is 2.76. The van der Waals surface area contributed by atoms with E-state index in [0.717, 1.165) is 32.1 Å². The lowest BCUT2D eigenvalue weighted by atomic mass is 10.1. The topological polar surface area (TPSA) is 86.5 Å². The molecule has 0 heterocycles. The predicted octanol–water partition coefficient (Wildman–Crippen LogP) is 7.32. The van der Waals surface area contributed by atoms with Crippen molar-refractivity contribution in [3.05, 3.63) is 52.1 Å². The summed E-state index contributed by atoms with van der Waals surface area (Å²) in [5.74, 6) is -1.33. The van der Waals surface area contributed by atoms with Crippen molar-refractivity contribution < 1.29 is 19.2 Å². The quantitative estimate of drug-likeness (QED) is 0.0644. The van der Waals surface area contributed by atoms with E-state index in [1.165, 1.54) is 69.2 Å². The number of hydrogen-bond acceptors (Lipinski definition) is 5. The number of non-ortho nitro benzene ring substituents is 1. The molecule has 0 bridgehead atoms. The van der Waals surface area contributed by atoms with Crippen molar-refractivity contribution in [3.63, 3.8) is 0 Å². The maximum absolute atomic E-state index is 11.9. The van der Waals surface area contributed by atoms with Crippen LogP contribution in [-0.4, -0.2) is 16.9 Å². The lowest BCUT2D eigenvalue weighted by molar-refractivity contribution is -0.384. The number of nitro benzene ring substituents is 1. The lowest BCUT2D eigenvalue weighted by Crippen LogP contribution is -2.12. The zero-order valence-electron chi connectivity index (χ0n) is 18.9. The Morgan fingerprint density at radius 1 is 0.839 bits per heavy atom. The summed E-state index contributed by atoms with van der Waals surface area (Å²) >= 11 is 0. The molecule has 0 N–H and O–H groups in total. The lowest BCUT2D eigenvalue weighted by Gasteiger charge is -2.03. The summed E-state index contributed by atoms with van der Waals surface area (Å²) in [5.41, 5.74) is 0.0136. The van der Waals surface area contributed by atoms with Crippen LogP contribution in [-0.2, 0) is 9.53 Å². The van der Waals surface area contributed by atoms with E-state index in [1.54, 1.807) is 0 Å². The highest BCUT2D eigenvalue weighted by molar-refractivity contribution is 5.96. The largest absolute Gasteiger partial charge is 0.389 e. The third-order valence-electron chi connectivity index (χ3n) is 5.16. The fourth-order valence-corrected chi connectivity index (χ4v) is 3.27. The summed E-state index contributed by atoms with van der Waals surface area (Å²) in [6, 6.07) is 5.00. The first kappa shape index (κ1) is 26.5. The molecular weight excluding hydrogens is 394 g/mol. The number of carbonyl (C=O) groups is 2. The van der Waals surface area contributed by atoms with Gasteiger partial charge in [-0.1, -0.05) is 70.4 Å². The van der Waals surface area contributed by atoms with Gasteiger partial charge in [0.05, 0.1) is 10.5 Å². The Bertz CT molecular complexity index is 682. The fourth-order valence-electron chi connectivity index (χ4n) is 3.27. The molecule has 1 aromatic carbocycles. The van der Waals surface area contributed by atoms with Gasteiger partial charge in [0.1, 0.15) is 0 Å². The highest BCUT2D eigenvalue weighted by atomic mass is 16.6. The molecular formula is C25H37NO5. The molecule has 0 atom stereocenters. The van der Waals surface area contributed by atoms with Gasteiger partial charge < -0.3 is 4.74 Å². The third kappa shape index (κ3) is 13.4. The summed E-state index contributed by atoms with van der Waals surface area (Å²) in [4.78, 5) is 33.7. The van der Waals surface area contributed by atoms with E-state index in [4.69, 9.17) is 4.74 Å². The van der Waals surface area contributed by atoms with Crippen molar-refractivity contribution in [2.75, 3.05) is 0 Å². The molecule has 0 radical (unpaired) electrons.